The maximum Gasteiger partial charge on any atom is 0.336 e. The number of carbonyl (C=O) groups excluding carboxylic acids is 1. The SMILES string of the molecule is O=C1C=CC2=C(c3ccccc3C(=O)O)c3ccc([O-])cc3CC2=C1. The van der Waals surface area contributed by atoms with Crippen molar-refractivity contribution >= 4 is 17.3 Å². The monoisotopic (exact) mass is 329 g/mol. The molecule has 2 aromatic rings. The summed E-state index contributed by atoms with van der Waals surface area (Å²) in [5.74, 6) is -1.23. The quantitative estimate of drug-likeness (QED) is 0.919. The molecule has 0 amide bonds. The Morgan fingerprint density at radius 1 is 1.04 bits per heavy atom. The van der Waals surface area contributed by atoms with Crippen molar-refractivity contribution < 1.29 is 19.8 Å². The molecule has 25 heavy (non-hydrogen) atoms. The molecule has 0 aliphatic heterocycles. The second-order valence-electron chi connectivity index (χ2n) is 6.04. The van der Waals surface area contributed by atoms with Gasteiger partial charge in [0.05, 0.1) is 5.56 Å². The Labute approximate surface area is 144 Å². The van der Waals surface area contributed by atoms with Crippen molar-refractivity contribution in [1.82, 2.24) is 0 Å². The summed E-state index contributed by atoms with van der Waals surface area (Å²) in [6.07, 6.45) is 5.25. The van der Waals surface area contributed by atoms with Gasteiger partial charge in [0.2, 0.25) is 0 Å². The zero-order chi connectivity index (χ0) is 17.6. The summed E-state index contributed by atoms with van der Waals surface area (Å²) in [5.41, 5.74) is 4.79. The van der Waals surface area contributed by atoms with E-state index >= 15 is 0 Å². The Morgan fingerprint density at radius 3 is 2.64 bits per heavy atom. The molecule has 0 atom stereocenters. The van der Waals surface area contributed by atoms with Crippen LogP contribution in [0.2, 0.25) is 0 Å². The molecule has 0 unspecified atom stereocenters. The molecule has 4 rings (SSSR count). The second-order valence-corrected chi connectivity index (χ2v) is 6.04. The molecular formula is C21H13O4-. The molecule has 0 heterocycles. The zero-order valence-electron chi connectivity index (χ0n) is 13.2. The van der Waals surface area contributed by atoms with Crippen LogP contribution in [-0.2, 0) is 11.2 Å². The molecule has 0 fully saturated rings. The number of hydrogen-bond acceptors (Lipinski definition) is 3. The molecule has 2 aromatic carbocycles. The number of allylic oxidation sites excluding steroid dienone is 5. The van der Waals surface area contributed by atoms with Crippen LogP contribution < -0.4 is 5.11 Å². The lowest BCUT2D eigenvalue weighted by molar-refractivity contribution is -0.268. The van der Waals surface area contributed by atoms with Gasteiger partial charge in [-0.25, -0.2) is 4.79 Å². The van der Waals surface area contributed by atoms with Crippen LogP contribution in [0.3, 0.4) is 0 Å². The van der Waals surface area contributed by atoms with Gasteiger partial charge in [-0.3, -0.25) is 4.79 Å². The van der Waals surface area contributed by atoms with E-state index in [4.69, 9.17) is 0 Å². The standard InChI is InChI=1S/C21H14O4/c22-14-5-7-16-12(10-14)9-13-11-15(23)6-8-17(13)20(16)18-3-1-2-4-19(18)21(24)25/h1-8,10-11,22H,9H2,(H,24,25)/p-1. The third-order valence-electron chi connectivity index (χ3n) is 4.50. The van der Waals surface area contributed by atoms with Crippen molar-refractivity contribution in [3.63, 3.8) is 0 Å². The van der Waals surface area contributed by atoms with Crippen molar-refractivity contribution in [3.05, 3.63) is 94.1 Å². The average Bonchev–Trinajstić information content (AvgIpc) is 2.59. The van der Waals surface area contributed by atoms with Gasteiger partial charge in [-0.15, -0.1) is 5.75 Å². The Balaban J connectivity index is 2.07. The van der Waals surface area contributed by atoms with Crippen LogP contribution in [0, 0.1) is 0 Å². The number of rotatable bonds is 2. The molecule has 4 heteroatoms. The van der Waals surface area contributed by atoms with Crippen LogP contribution in [0.4, 0.5) is 0 Å². The summed E-state index contributed by atoms with van der Waals surface area (Å²) in [6.45, 7) is 0. The van der Waals surface area contributed by atoms with Crippen molar-refractivity contribution in [2.45, 2.75) is 6.42 Å². The van der Waals surface area contributed by atoms with Crippen molar-refractivity contribution in [2.24, 2.45) is 0 Å². The van der Waals surface area contributed by atoms with Crippen LogP contribution in [0.15, 0.2) is 71.8 Å². The summed E-state index contributed by atoms with van der Waals surface area (Å²) < 4.78 is 0. The highest BCUT2D eigenvalue weighted by Gasteiger charge is 2.26. The molecular weight excluding hydrogens is 316 g/mol. The number of carboxylic acid groups (broad SMARTS) is 1. The van der Waals surface area contributed by atoms with Gasteiger partial charge in [-0.05, 0) is 58.0 Å². The van der Waals surface area contributed by atoms with Gasteiger partial charge in [-0.1, -0.05) is 42.5 Å². The average molecular weight is 329 g/mol. The van der Waals surface area contributed by atoms with Crippen LogP contribution in [0.5, 0.6) is 5.75 Å². The smallest absolute Gasteiger partial charge is 0.336 e. The van der Waals surface area contributed by atoms with Crippen LogP contribution in [0.25, 0.3) is 5.57 Å². The summed E-state index contributed by atoms with van der Waals surface area (Å²) in [7, 11) is 0. The number of ketones is 1. The first-order valence-electron chi connectivity index (χ1n) is 7.85. The van der Waals surface area contributed by atoms with Crippen LogP contribution in [-0.4, -0.2) is 16.9 Å². The minimum Gasteiger partial charge on any atom is -0.872 e. The van der Waals surface area contributed by atoms with Gasteiger partial charge < -0.3 is 10.2 Å². The minimum atomic E-state index is -1.02. The van der Waals surface area contributed by atoms with E-state index in [0.717, 1.165) is 27.8 Å². The fourth-order valence-electron chi connectivity index (χ4n) is 3.45. The Kier molecular flexibility index (Phi) is 3.39. The van der Waals surface area contributed by atoms with Gasteiger partial charge in [0.1, 0.15) is 0 Å². The van der Waals surface area contributed by atoms with E-state index in [1.807, 2.05) is 0 Å². The molecule has 2 aliphatic rings. The van der Waals surface area contributed by atoms with Crippen molar-refractivity contribution in [2.75, 3.05) is 0 Å². The van der Waals surface area contributed by atoms with Crippen LogP contribution in [0.1, 0.15) is 27.0 Å². The Hall–Kier alpha value is -3.40. The molecule has 0 spiro atoms. The number of carboxylic acids is 1. The first-order chi connectivity index (χ1) is 12.0. The summed E-state index contributed by atoms with van der Waals surface area (Å²) >= 11 is 0. The first-order valence-corrected chi connectivity index (χ1v) is 7.85. The molecule has 0 radical (unpaired) electrons. The second kappa shape index (κ2) is 5.60. The fraction of sp³-hybridized carbons (Fsp3) is 0.0476. The Bertz CT molecular complexity index is 1020. The topological polar surface area (TPSA) is 77.4 Å². The maximum atomic E-state index is 11.8. The zero-order valence-corrected chi connectivity index (χ0v) is 13.2. The fourth-order valence-corrected chi connectivity index (χ4v) is 3.45. The van der Waals surface area contributed by atoms with E-state index in [2.05, 4.69) is 0 Å². The number of carbonyl (C=O) groups is 2. The van der Waals surface area contributed by atoms with Crippen molar-refractivity contribution in [3.8, 4) is 5.75 Å². The predicted molar refractivity (Wildman–Crippen MR) is 91.2 cm³/mol. The normalized spacial score (nSPS) is 15.5. The molecule has 0 bridgehead atoms. The summed E-state index contributed by atoms with van der Waals surface area (Å²) in [4.78, 5) is 23.5. The highest BCUT2D eigenvalue weighted by atomic mass is 16.4. The third-order valence-corrected chi connectivity index (χ3v) is 4.50. The minimum absolute atomic E-state index is 0.105. The third kappa shape index (κ3) is 2.48. The van der Waals surface area contributed by atoms with E-state index in [-0.39, 0.29) is 17.1 Å². The maximum absolute atomic E-state index is 11.8. The van der Waals surface area contributed by atoms with Gasteiger partial charge in [0.15, 0.2) is 5.78 Å². The number of benzene rings is 2. The molecule has 0 saturated heterocycles. The van der Waals surface area contributed by atoms with E-state index in [9.17, 15) is 19.8 Å². The van der Waals surface area contributed by atoms with Gasteiger partial charge in [0.25, 0.3) is 0 Å². The molecule has 0 saturated carbocycles. The van der Waals surface area contributed by atoms with Gasteiger partial charge >= 0.3 is 5.97 Å². The summed E-state index contributed by atoms with van der Waals surface area (Å²) in [5, 5.41) is 21.3. The molecule has 122 valence electrons. The molecule has 1 N–H and O–H groups in total. The molecule has 2 aliphatic carbocycles. The van der Waals surface area contributed by atoms with Crippen molar-refractivity contribution in [1.29, 1.82) is 0 Å². The highest BCUT2D eigenvalue weighted by Crippen LogP contribution is 2.42. The van der Waals surface area contributed by atoms with E-state index in [1.165, 1.54) is 12.1 Å². The number of fused-ring (bicyclic) bond motifs is 2. The molecule has 0 aromatic heterocycles. The first kappa shape index (κ1) is 15.1. The highest BCUT2D eigenvalue weighted by molar-refractivity contribution is 6.06. The van der Waals surface area contributed by atoms with Crippen LogP contribution >= 0.6 is 0 Å². The van der Waals surface area contributed by atoms with Gasteiger partial charge in [-0.2, -0.15) is 0 Å². The summed E-state index contributed by atoms with van der Waals surface area (Å²) in [6, 6.07) is 11.6. The largest absolute Gasteiger partial charge is 0.872 e. The van der Waals surface area contributed by atoms with Gasteiger partial charge in [0, 0.05) is 0 Å². The van der Waals surface area contributed by atoms with E-state index in [1.54, 1.807) is 48.6 Å². The number of hydrogen-bond donors (Lipinski definition) is 1. The predicted octanol–water partition coefficient (Wildman–Crippen LogP) is 2.88. The Morgan fingerprint density at radius 2 is 1.84 bits per heavy atom. The van der Waals surface area contributed by atoms with E-state index < -0.39 is 5.97 Å². The lowest BCUT2D eigenvalue weighted by Crippen LogP contribution is -2.14. The lowest BCUT2D eigenvalue weighted by Gasteiger charge is -2.28. The molecule has 4 nitrogen and oxygen atoms in total. The van der Waals surface area contributed by atoms with E-state index in [0.29, 0.717) is 12.0 Å². The number of aromatic carboxylic acids is 1. The lowest BCUT2D eigenvalue weighted by atomic mass is 9.76.